The van der Waals surface area contributed by atoms with Gasteiger partial charge in [-0.05, 0) is 12.5 Å². The first kappa shape index (κ1) is 13.4. The van der Waals surface area contributed by atoms with Crippen molar-refractivity contribution in [2.45, 2.75) is 19.1 Å². The molecule has 0 aliphatic carbocycles. The van der Waals surface area contributed by atoms with Crippen LogP contribution in [-0.2, 0) is 20.4 Å². The van der Waals surface area contributed by atoms with Gasteiger partial charge in [-0.3, -0.25) is 4.79 Å². The molecule has 92 valence electrons. The summed E-state index contributed by atoms with van der Waals surface area (Å²) in [4.78, 5) is 10.4. The predicted molar refractivity (Wildman–Crippen MR) is 65.1 cm³/mol. The van der Waals surface area contributed by atoms with E-state index in [1.807, 2.05) is 6.07 Å². The van der Waals surface area contributed by atoms with Gasteiger partial charge < -0.3 is 5.11 Å². The van der Waals surface area contributed by atoms with Crippen molar-refractivity contribution in [1.29, 1.82) is 0 Å². The Morgan fingerprint density at radius 3 is 2.41 bits per heavy atom. The van der Waals surface area contributed by atoms with Crippen LogP contribution < -0.4 is 0 Å². The minimum Gasteiger partial charge on any atom is -0.481 e. The molecule has 17 heavy (non-hydrogen) atoms. The SMILES string of the molecule is C/C(=C\S(=O)(=O)Cc1ccccc1)CC(=O)O. The second-order valence-corrected chi connectivity index (χ2v) is 5.68. The molecular weight excluding hydrogens is 240 g/mol. The van der Waals surface area contributed by atoms with Crippen LogP contribution in [0, 0.1) is 0 Å². The van der Waals surface area contributed by atoms with Crippen LogP contribution in [0.2, 0.25) is 0 Å². The highest BCUT2D eigenvalue weighted by Gasteiger charge is 2.10. The molecule has 0 heterocycles. The Morgan fingerprint density at radius 1 is 1.29 bits per heavy atom. The summed E-state index contributed by atoms with van der Waals surface area (Å²) in [6.45, 7) is 1.50. The molecule has 0 radical (unpaired) electrons. The Kier molecular flexibility index (Phi) is 4.45. The molecule has 1 aromatic rings. The van der Waals surface area contributed by atoms with Gasteiger partial charge in [0.05, 0.1) is 12.2 Å². The van der Waals surface area contributed by atoms with E-state index in [0.29, 0.717) is 11.1 Å². The lowest BCUT2D eigenvalue weighted by molar-refractivity contribution is -0.136. The molecule has 1 aromatic carbocycles. The lowest BCUT2D eigenvalue weighted by Gasteiger charge is -2.01. The summed E-state index contributed by atoms with van der Waals surface area (Å²) in [5.41, 5.74) is 1.01. The zero-order valence-electron chi connectivity index (χ0n) is 9.46. The average Bonchev–Trinajstić information content (AvgIpc) is 2.15. The quantitative estimate of drug-likeness (QED) is 0.872. The molecule has 0 spiro atoms. The van der Waals surface area contributed by atoms with Crippen molar-refractivity contribution in [3.8, 4) is 0 Å². The van der Waals surface area contributed by atoms with Gasteiger partial charge in [-0.25, -0.2) is 8.42 Å². The van der Waals surface area contributed by atoms with E-state index in [1.54, 1.807) is 24.3 Å². The first-order valence-corrected chi connectivity index (χ1v) is 6.76. The lowest BCUT2D eigenvalue weighted by atomic mass is 10.2. The molecule has 0 aromatic heterocycles. The summed E-state index contributed by atoms with van der Waals surface area (Å²) >= 11 is 0. The zero-order valence-corrected chi connectivity index (χ0v) is 10.3. The van der Waals surface area contributed by atoms with E-state index in [0.717, 1.165) is 5.41 Å². The Hall–Kier alpha value is -1.62. The van der Waals surface area contributed by atoms with Gasteiger partial charge in [0, 0.05) is 5.41 Å². The van der Waals surface area contributed by atoms with Crippen molar-refractivity contribution >= 4 is 15.8 Å². The molecule has 4 nitrogen and oxygen atoms in total. The number of carboxylic acids is 1. The number of carbonyl (C=O) groups is 1. The van der Waals surface area contributed by atoms with Gasteiger partial charge in [0.25, 0.3) is 0 Å². The molecule has 1 N–H and O–H groups in total. The summed E-state index contributed by atoms with van der Waals surface area (Å²) in [6, 6.07) is 8.77. The predicted octanol–water partition coefficient (Wildman–Crippen LogP) is 1.98. The highest BCUT2D eigenvalue weighted by Crippen LogP contribution is 2.10. The largest absolute Gasteiger partial charge is 0.481 e. The maximum absolute atomic E-state index is 11.7. The van der Waals surface area contributed by atoms with Crippen molar-refractivity contribution in [2.75, 3.05) is 0 Å². The van der Waals surface area contributed by atoms with E-state index in [4.69, 9.17) is 5.11 Å². The molecule has 0 fully saturated rings. The van der Waals surface area contributed by atoms with E-state index in [2.05, 4.69) is 0 Å². The van der Waals surface area contributed by atoms with Crippen LogP contribution in [-0.4, -0.2) is 19.5 Å². The standard InChI is InChI=1S/C12H14O4S/c1-10(7-12(13)14)8-17(15,16)9-11-5-3-2-4-6-11/h2-6,8H,7,9H2,1H3,(H,13,14)/b10-8+. The van der Waals surface area contributed by atoms with E-state index in [1.165, 1.54) is 6.92 Å². The number of rotatable bonds is 5. The molecule has 0 saturated carbocycles. The number of benzene rings is 1. The molecule has 0 saturated heterocycles. The maximum Gasteiger partial charge on any atom is 0.307 e. The first-order chi connectivity index (χ1) is 7.89. The molecule has 0 atom stereocenters. The van der Waals surface area contributed by atoms with E-state index in [-0.39, 0.29) is 12.2 Å². The summed E-state index contributed by atoms with van der Waals surface area (Å²) in [6.07, 6.45) is -0.256. The van der Waals surface area contributed by atoms with Gasteiger partial charge in [0.15, 0.2) is 9.84 Å². The fourth-order valence-electron chi connectivity index (χ4n) is 1.43. The van der Waals surface area contributed by atoms with Gasteiger partial charge in [0.1, 0.15) is 0 Å². The number of sulfone groups is 1. The molecule has 0 unspecified atom stereocenters. The highest BCUT2D eigenvalue weighted by atomic mass is 32.2. The maximum atomic E-state index is 11.7. The van der Waals surface area contributed by atoms with Crippen LogP contribution in [0.1, 0.15) is 18.9 Å². The van der Waals surface area contributed by atoms with E-state index in [9.17, 15) is 13.2 Å². The van der Waals surface area contributed by atoms with E-state index >= 15 is 0 Å². The van der Waals surface area contributed by atoms with Crippen molar-refractivity contribution in [1.82, 2.24) is 0 Å². The van der Waals surface area contributed by atoms with Gasteiger partial charge >= 0.3 is 5.97 Å². The van der Waals surface area contributed by atoms with Crippen molar-refractivity contribution in [2.24, 2.45) is 0 Å². The lowest BCUT2D eigenvalue weighted by Crippen LogP contribution is -2.03. The van der Waals surface area contributed by atoms with Crippen molar-refractivity contribution in [3.63, 3.8) is 0 Å². The molecular formula is C12H14O4S. The Morgan fingerprint density at radius 2 is 1.88 bits per heavy atom. The average molecular weight is 254 g/mol. The summed E-state index contributed by atoms with van der Waals surface area (Å²) in [7, 11) is -3.40. The summed E-state index contributed by atoms with van der Waals surface area (Å²) in [5.74, 6) is -1.14. The molecule has 1 rings (SSSR count). The topological polar surface area (TPSA) is 71.4 Å². The van der Waals surface area contributed by atoms with Crippen molar-refractivity contribution in [3.05, 3.63) is 46.9 Å². The van der Waals surface area contributed by atoms with Gasteiger partial charge in [-0.1, -0.05) is 35.9 Å². The van der Waals surface area contributed by atoms with Crippen molar-refractivity contribution < 1.29 is 18.3 Å². The number of carboxylic acid groups (broad SMARTS) is 1. The fourth-order valence-corrected chi connectivity index (χ4v) is 2.87. The second kappa shape index (κ2) is 5.63. The van der Waals surface area contributed by atoms with Gasteiger partial charge in [0.2, 0.25) is 0 Å². The van der Waals surface area contributed by atoms with Crippen LogP contribution in [0.25, 0.3) is 0 Å². The van der Waals surface area contributed by atoms with Gasteiger partial charge in [-0.2, -0.15) is 0 Å². The molecule has 5 heteroatoms. The van der Waals surface area contributed by atoms with Crippen LogP contribution >= 0.6 is 0 Å². The van der Waals surface area contributed by atoms with Gasteiger partial charge in [-0.15, -0.1) is 0 Å². The second-order valence-electron chi connectivity index (χ2n) is 3.83. The van der Waals surface area contributed by atoms with Crippen LogP contribution in [0.3, 0.4) is 0 Å². The minimum atomic E-state index is -3.40. The third-order valence-corrected chi connectivity index (χ3v) is 3.52. The molecule has 0 aliphatic heterocycles. The summed E-state index contributed by atoms with van der Waals surface area (Å²) in [5, 5.41) is 9.57. The van der Waals surface area contributed by atoms with E-state index < -0.39 is 15.8 Å². The van der Waals surface area contributed by atoms with Crippen LogP contribution in [0.15, 0.2) is 41.3 Å². The number of aliphatic carboxylic acids is 1. The minimum absolute atomic E-state index is 0.106. The fraction of sp³-hybridized carbons (Fsp3) is 0.250. The normalized spacial score (nSPS) is 12.4. The zero-order chi connectivity index (χ0) is 12.9. The monoisotopic (exact) mass is 254 g/mol. The molecule has 0 bridgehead atoms. The third-order valence-electron chi connectivity index (χ3n) is 2.02. The first-order valence-electron chi connectivity index (χ1n) is 5.05. The van der Waals surface area contributed by atoms with Crippen LogP contribution in [0.5, 0.6) is 0 Å². The molecule has 0 aliphatic rings. The Bertz CT molecular complexity index is 515. The number of hydrogen-bond acceptors (Lipinski definition) is 3. The molecule has 0 amide bonds. The Balaban J connectivity index is 2.80. The summed E-state index contributed by atoms with van der Waals surface area (Å²) < 4.78 is 23.4. The Labute approximate surface area is 101 Å². The number of hydrogen-bond donors (Lipinski definition) is 1. The third kappa shape index (κ3) is 5.31. The smallest absolute Gasteiger partial charge is 0.307 e. The van der Waals surface area contributed by atoms with Crippen LogP contribution in [0.4, 0.5) is 0 Å². The highest BCUT2D eigenvalue weighted by molar-refractivity contribution is 7.93.